The summed E-state index contributed by atoms with van der Waals surface area (Å²) in [5.41, 5.74) is 0.273. The Balaban J connectivity index is 2.67. The van der Waals surface area contributed by atoms with Gasteiger partial charge in [-0.05, 0) is 45.6 Å². The molecule has 0 spiro atoms. The number of amides is 1. The van der Waals surface area contributed by atoms with Crippen LogP contribution in [0.2, 0.25) is 5.02 Å². The highest BCUT2D eigenvalue weighted by molar-refractivity contribution is 7.13. The van der Waals surface area contributed by atoms with Crippen LogP contribution in [0.15, 0.2) is 5.38 Å². The lowest BCUT2D eigenvalue weighted by Gasteiger charge is -2.22. The Labute approximate surface area is 122 Å². The molecule has 0 aromatic carbocycles. The second kappa shape index (κ2) is 5.92. The molecule has 19 heavy (non-hydrogen) atoms. The van der Waals surface area contributed by atoms with Crippen LogP contribution in [0.4, 0.5) is 0 Å². The van der Waals surface area contributed by atoms with E-state index < -0.39 is 17.6 Å². The molecule has 1 atom stereocenters. The van der Waals surface area contributed by atoms with Gasteiger partial charge in [0.15, 0.2) is 0 Å². The predicted molar refractivity (Wildman–Crippen MR) is 76.8 cm³/mol. The topological polar surface area (TPSA) is 55.4 Å². The van der Waals surface area contributed by atoms with Gasteiger partial charge in [0.2, 0.25) is 0 Å². The molecule has 0 aliphatic heterocycles. The minimum Gasteiger partial charge on any atom is -0.458 e. The van der Waals surface area contributed by atoms with Crippen LogP contribution in [0.5, 0.6) is 0 Å². The normalized spacial score (nSPS) is 12.9. The molecular weight excluding hydrogens is 286 g/mol. The number of thiophene rings is 1. The van der Waals surface area contributed by atoms with Crippen LogP contribution in [0.1, 0.15) is 42.9 Å². The number of esters is 1. The summed E-state index contributed by atoms with van der Waals surface area (Å²) in [6, 6.07) is -0.717. The number of halogens is 1. The Bertz CT molecular complexity index is 491. The van der Waals surface area contributed by atoms with Gasteiger partial charge in [-0.25, -0.2) is 4.79 Å². The Morgan fingerprint density at radius 2 is 2.00 bits per heavy atom. The largest absolute Gasteiger partial charge is 0.458 e. The van der Waals surface area contributed by atoms with Gasteiger partial charge in [-0.2, -0.15) is 0 Å². The van der Waals surface area contributed by atoms with Crippen LogP contribution < -0.4 is 5.32 Å². The van der Waals surface area contributed by atoms with E-state index in [0.29, 0.717) is 9.90 Å². The van der Waals surface area contributed by atoms with Crippen molar-refractivity contribution in [2.75, 3.05) is 0 Å². The Morgan fingerprint density at radius 1 is 1.42 bits per heavy atom. The molecule has 0 aliphatic rings. The van der Waals surface area contributed by atoms with Crippen molar-refractivity contribution in [3.63, 3.8) is 0 Å². The zero-order valence-electron chi connectivity index (χ0n) is 11.7. The number of hydrogen-bond acceptors (Lipinski definition) is 4. The van der Waals surface area contributed by atoms with Gasteiger partial charge in [0.1, 0.15) is 16.5 Å². The summed E-state index contributed by atoms with van der Waals surface area (Å²) in [6.45, 7) is 8.74. The van der Waals surface area contributed by atoms with Crippen LogP contribution in [0.25, 0.3) is 0 Å². The van der Waals surface area contributed by atoms with E-state index in [0.717, 1.165) is 5.56 Å². The molecule has 1 aromatic rings. The average Bonchev–Trinajstić information content (AvgIpc) is 2.57. The fraction of sp³-hybridized carbons (Fsp3) is 0.538. The van der Waals surface area contributed by atoms with Gasteiger partial charge in [0.25, 0.3) is 5.91 Å². The van der Waals surface area contributed by atoms with Gasteiger partial charge in [0.05, 0.1) is 5.02 Å². The van der Waals surface area contributed by atoms with E-state index >= 15 is 0 Å². The third-order valence-electron chi connectivity index (χ3n) is 2.21. The fourth-order valence-corrected chi connectivity index (χ4v) is 2.48. The van der Waals surface area contributed by atoms with Crippen molar-refractivity contribution in [1.82, 2.24) is 5.32 Å². The lowest BCUT2D eigenvalue weighted by molar-refractivity contribution is -0.156. The molecule has 1 amide bonds. The molecule has 0 radical (unpaired) electrons. The monoisotopic (exact) mass is 303 g/mol. The highest BCUT2D eigenvalue weighted by Crippen LogP contribution is 2.27. The van der Waals surface area contributed by atoms with E-state index in [2.05, 4.69) is 5.32 Å². The molecule has 0 unspecified atom stereocenters. The maximum absolute atomic E-state index is 12.0. The van der Waals surface area contributed by atoms with Crippen molar-refractivity contribution < 1.29 is 14.3 Å². The molecule has 0 fully saturated rings. The van der Waals surface area contributed by atoms with Crippen molar-refractivity contribution in [3.8, 4) is 0 Å². The summed E-state index contributed by atoms with van der Waals surface area (Å²) < 4.78 is 5.19. The standard InChI is InChI=1S/C13H18ClNO3S/c1-7-6-19-10(9(7)14)11(16)15-8(2)12(17)18-13(3,4)5/h6,8H,1-5H3,(H,15,16)/t8-/m1/s1. The molecule has 0 bridgehead atoms. The summed E-state index contributed by atoms with van der Waals surface area (Å²) in [4.78, 5) is 24.1. The van der Waals surface area contributed by atoms with Crippen LogP contribution in [0.3, 0.4) is 0 Å². The quantitative estimate of drug-likeness (QED) is 0.873. The van der Waals surface area contributed by atoms with E-state index in [1.165, 1.54) is 11.3 Å². The number of rotatable bonds is 3. The van der Waals surface area contributed by atoms with Crippen molar-refractivity contribution in [3.05, 3.63) is 20.8 Å². The van der Waals surface area contributed by atoms with E-state index in [-0.39, 0.29) is 5.91 Å². The van der Waals surface area contributed by atoms with Gasteiger partial charge in [-0.1, -0.05) is 11.6 Å². The number of nitrogens with one attached hydrogen (secondary N) is 1. The highest BCUT2D eigenvalue weighted by atomic mass is 35.5. The van der Waals surface area contributed by atoms with E-state index in [1.807, 2.05) is 6.92 Å². The molecule has 106 valence electrons. The molecule has 0 saturated carbocycles. The van der Waals surface area contributed by atoms with Crippen molar-refractivity contribution in [2.24, 2.45) is 0 Å². The lowest BCUT2D eigenvalue weighted by Crippen LogP contribution is -2.42. The summed E-state index contributed by atoms with van der Waals surface area (Å²) in [5.74, 6) is -0.827. The van der Waals surface area contributed by atoms with Gasteiger partial charge in [-0.3, -0.25) is 4.79 Å². The number of hydrogen-bond donors (Lipinski definition) is 1. The van der Waals surface area contributed by atoms with E-state index in [4.69, 9.17) is 16.3 Å². The number of carbonyl (C=O) groups excluding carboxylic acids is 2. The van der Waals surface area contributed by atoms with Crippen LogP contribution in [0, 0.1) is 6.92 Å². The molecular formula is C13H18ClNO3S. The SMILES string of the molecule is Cc1csc(C(=O)N[C@H](C)C(=O)OC(C)(C)C)c1Cl. The highest BCUT2D eigenvalue weighted by Gasteiger charge is 2.24. The first-order valence-corrected chi connectivity index (χ1v) is 7.15. The molecule has 1 rings (SSSR count). The molecule has 1 N–H and O–H groups in total. The van der Waals surface area contributed by atoms with Gasteiger partial charge in [0, 0.05) is 0 Å². The molecule has 0 aliphatic carbocycles. The first-order valence-electron chi connectivity index (χ1n) is 5.89. The lowest BCUT2D eigenvalue weighted by atomic mass is 10.2. The molecule has 0 saturated heterocycles. The maximum atomic E-state index is 12.0. The van der Waals surface area contributed by atoms with Crippen LogP contribution in [-0.4, -0.2) is 23.5 Å². The number of aryl methyl sites for hydroxylation is 1. The van der Waals surface area contributed by atoms with Gasteiger partial charge >= 0.3 is 5.97 Å². The van der Waals surface area contributed by atoms with Crippen LogP contribution in [-0.2, 0) is 9.53 Å². The molecule has 1 aromatic heterocycles. The summed E-state index contributed by atoms with van der Waals surface area (Å²) in [5, 5.41) is 4.82. The molecule has 1 heterocycles. The zero-order valence-corrected chi connectivity index (χ0v) is 13.2. The summed E-state index contributed by atoms with van der Waals surface area (Å²) in [7, 11) is 0. The fourth-order valence-electron chi connectivity index (χ4n) is 1.29. The van der Waals surface area contributed by atoms with Crippen molar-refractivity contribution in [1.29, 1.82) is 0 Å². The Hall–Kier alpha value is -1.07. The second-order valence-electron chi connectivity index (χ2n) is 5.29. The maximum Gasteiger partial charge on any atom is 0.328 e. The van der Waals surface area contributed by atoms with Crippen molar-refractivity contribution >= 4 is 34.8 Å². The number of carbonyl (C=O) groups is 2. The Kier molecular flexibility index (Phi) is 4.98. The smallest absolute Gasteiger partial charge is 0.328 e. The van der Waals surface area contributed by atoms with Gasteiger partial charge < -0.3 is 10.1 Å². The molecule has 6 heteroatoms. The summed E-state index contributed by atoms with van der Waals surface area (Å²) in [6.07, 6.45) is 0. The Morgan fingerprint density at radius 3 is 2.42 bits per heavy atom. The minimum atomic E-state index is -0.717. The van der Waals surface area contributed by atoms with E-state index in [9.17, 15) is 9.59 Å². The van der Waals surface area contributed by atoms with E-state index in [1.54, 1.807) is 33.1 Å². The third kappa shape index (κ3) is 4.51. The minimum absolute atomic E-state index is 0.360. The summed E-state index contributed by atoms with van der Waals surface area (Å²) >= 11 is 7.26. The van der Waals surface area contributed by atoms with Gasteiger partial charge in [-0.15, -0.1) is 11.3 Å². The second-order valence-corrected chi connectivity index (χ2v) is 6.55. The average molecular weight is 304 g/mol. The van der Waals surface area contributed by atoms with Crippen molar-refractivity contribution in [2.45, 2.75) is 46.3 Å². The predicted octanol–water partition coefficient (Wildman–Crippen LogP) is 3.17. The zero-order chi connectivity index (χ0) is 14.8. The third-order valence-corrected chi connectivity index (χ3v) is 3.91. The first-order chi connectivity index (χ1) is 8.61. The van der Waals surface area contributed by atoms with Crippen LogP contribution >= 0.6 is 22.9 Å². The first kappa shape index (κ1) is 16.0. The number of ether oxygens (including phenoxy) is 1. The molecule has 4 nitrogen and oxygen atoms in total.